The summed E-state index contributed by atoms with van der Waals surface area (Å²) in [6, 6.07) is 0. The van der Waals surface area contributed by atoms with E-state index in [1.54, 1.807) is 6.92 Å². The summed E-state index contributed by atoms with van der Waals surface area (Å²) < 4.78 is 11.5. The van der Waals surface area contributed by atoms with Gasteiger partial charge in [-0.3, -0.25) is 14.7 Å². The van der Waals surface area contributed by atoms with Gasteiger partial charge in [0.2, 0.25) is 5.91 Å². The van der Waals surface area contributed by atoms with Crippen LogP contribution in [0.1, 0.15) is 19.8 Å². The first-order valence-electron chi connectivity index (χ1n) is 6.96. The maximum Gasteiger partial charge on any atom is 0.413 e. The lowest BCUT2D eigenvalue weighted by Gasteiger charge is -2.10. The highest BCUT2D eigenvalue weighted by Crippen LogP contribution is 2.17. The Labute approximate surface area is 130 Å². The Hall–Kier alpha value is -1.81. The molecule has 10 heteroatoms. The summed E-state index contributed by atoms with van der Waals surface area (Å²) in [5.74, 6) is -0.559. The summed E-state index contributed by atoms with van der Waals surface area (Å²) >= 11 is 1.06. The third-order valence-electron chi connectivity index (χ3n) is 2.98. The van der Waals surface area contributed by atoms with Gasteiger partial charge in [-0.25, -0.2) is 14.7 Å². The molecule has 2 heterocycles. The SMILES string of the molecule is CCOC(=O)NC(=O)CSc1n[nH]c(=O)n1C[C@H]1CCCO1. The molecule has 1 saturated heterocycles. The third-order valence-corrected chi connectivity index (χ3v) is 3.96. The second-order valence-electron chi connectivity index (χ2n) is 4.61. The average molecular weight is 330 g/mol. The summed E-state index contributed by atoms with van der Waals surface area (Å²) in [4.78, 5) is 34.4. The zero-order valence-corrected chi connectivity index (χ0v) is 13.0. The molecule has 2 amide bonds. The third kappa shape index (κ3) is 4.60. The van der Waals surface area contributed by atoms with E-state index in [1.165, 1.54) is 4.57 Å². The molecule has 0 saturated carbocycles. The zero-order valence-electron chi connectivity index (χ0n) is 12.2. The number of carbonyl (C=O) groups is 2. The van der Waals surface area contributed by atoms with Gasteiger partial charge in [-0.15, -0.1) is 5.10 Å². The van der Waals surface area contributed by atoms with Crippen LogP contribution < -0.4 is 11.0 Å². The minimum atomic E-state index is -0.785. The molecule has 1 atom stereocenters. The first-order chi connectivity index (χ1) is 10.6. The highest BCUT2D eigenvalue weighted by molar-refractivity contribution is 7.99. The number of ether oxygens (including phenoxy) is 2. The molecule has 1 aromatic rings. The number of alkyl carbamates (subject to hydrolysis) is 1. The fourth-order valence-corrected chi connectivity index (χ4v) is 2.77. The average Bonchev–Trinajstić information content (AvgIpc) is 3.09. The maximum atomic E-state index is 11.7. The maximum absolute atomic E-state index is 11.7. The van der Waals surface area contributed by atoms with Crippen molar-refractivity contribution in [1.82, 2.24) is 20.1 Å². The number of H-pyrrole nitrogens is 1. The number of carbonyl (C=O) groups excluding carboxylic acids is 2. The number of rotatable bonds is 6. The van der Waals surface area contributed by atoms with Crippen LogP contribution in [-0.4, -0.2) is 51.8 Å². The van der Waals surface area contributed by atoms with Crippen molar-refractivity contribution in [1.29, 1.82) is 0 Å². The van der Waals surface area contributed by atoms with Crippen molar-refractivity contribution in [3.05, 3.63) is 10.5 Å². The zero-order chi connectivity index (χ0) is 15.9. The molecule has 0 aromatic carbocycles. The molecule has 0 spiro atoms. The molecule has 1 fully saturated rings. The number of hydrogen-bond donors (Lipinski definition) is 2. The topological polar surface area (TPSA) is 115 Å². The van der Waals surface area contributed by atoms with E-state index in [4.69, 9.17) is 4.74 Å². The van der Waals surface area contributed by atoms with Crippen LogP contribution in [0.3, 0.4) is 0 Å². The number of amides is 2. The predicted octanol–water partition coefficient (Wildman–Crippen LogP) is 0.115. The van der Waals surface area contributed by atoms with Gasteiger partial charge in [0.15, 0.2) is 5.16 Å². The van der Waals surface area contributed by atoms with E-state index in [1.807, 2.05) is 0 Å². The standard InChI is InChI=1S/C12H18N4O5S/c1-2-20-12(19)13-9(17)7-22-11-15-14-10(18)16(11)6-8-4-3-5-21-8/h8H,2-7H2,1H3,(H,14,18)(H,13,17,19)/t8-/m1/s1. The van der Waals surface area contributed by atoms with Crippen molar-refractivity contribution in [3.63, 3.8) is 0 Å². The van der Waals surface area contributed by atoms with E-state index in [-0.39, 0.29) is 24.2 Å². The summed E-state index contributed by atoms with van der Waals surface area (Å²) in [6.07, 6.45) is 1.07. The molecule has 1 aromatic heterocycles. The van der Waals surface area contributed by atoms with Crippen molar-refractivity contribution in [2.24, 2.45) is 0 Å². The van der Waals surface area contributed by atoms with E-state index < -0.39 is 12.0 Å². The first kappa shape index (κ1) is 16.6. The molecular weight excluding hydrogens is 312 g/mol. The Morgan fingerprint density at radius 1 is 1.59 bits per heavy atom. The Morgan fingerprint density at radius 3 is 3.09 bits per heavy atom. The van der Waals surface area contributed by atoms with E-state index >= 15 is 0 Å². The van der Waals surface area contributed by atoms with Crippen LogP contribution in [0.4, 0.5) is 4.79 Å². The van der Waals surface area contributed by atoms with Crippen molar-refractivity contribution >= 4 is 23.8 Å². The Kier molecular flexibility index (Phi) is 6.01. The van der Waals surface area contributed by atoms with E-state index in [0.29, 0.717) is 18.3 Å². The van der Waals surface area contributed by atoms with Gasteiger partial charge in [-0.2, -0.15) is 0 Å². The Morgan fingerprint density at radius 2 is 2.41 bits per heavy atom. The van der Waals surface area contributed by atoms with Crippen molar-refractivity contribution in [2.45, 2.75) is 37.6 Å². The van der Waals surface area contributed by atoms with Crippen molar-refractivity contribution in [3.8, 4) is 0 Å². The van der Waals surface area contributed by atoms with Crippen molar-refractivity contribution in [2.75, 3.05) is 19.0 Å². The minimum absolute atomic E-state index is 0.0111. The summed E-state index contributed by atoms with van der Waals surface area (Å²) in [7, 11) is 0. The molecular formula is C12H18N4O5S. The molecule has 2 N–H and O–H groups in total. The number of thioether (sulfide) groups is 1. The van der Waals surface area contributed by atoms with Gasteiger partial charge in [0.1, 0.15) is 0 Å². The lowest BCUT2D eigenvalue weighted by molar-refractivity contribution is -0.117. The molecule has 1 aliphatic rings. The quantitative estimate of drug-likeness (QED) is 0.712. The Balaban J connectivity index is 1.88. The lowest BCUT2D eigenvalue weighted by Crippen LogP contribution is -2.32. The first-order valence-corrected chi connectivity index (χ1v) is 7.95. The normalized spacial score (nSPS) is 17.4. The second kappa shape index (κ2) is 7.99. The van der Waals surface area contributed by atoms with Gasteiger partial charge in [-0.05, 0) is 19.8 Å². The van der Waals surface area contributed by atoms with Crippen LogP contribution in [-0.2, 0) is 20.8 Å². The molecule has 0 aliphatic carbocycles. The van der Waals surface area contributed by atoms with Crippen LogP contribution in [0, 0.1) is 0 Å². The van der Waals surface area contributed by atoms with E-state index in [9.17, 15) is 14.4 Å². The largest absolute Gasteiger partial charge is 0.450 e. The van der Waals surface area contributed by atoms with Gasteiger partial charge in [-0.1, -0.05) is 11.8 Å². The van der Waals surface area contributed by atoms with E-state index in [2.05, 4.69) is 20.3 Å². The highest BCUT2D eigenvalue weighted by Gasteiger charge is 2.20. The van der Waals surface area contributed by atoms with Crippen LogP contribution in [0.5, 0.6) is 0 Å². The number of aromatic amines is 1. The molecule has 1 aliphatic heterocycles. The molecule has 0 unspecified atom stereocenters. The lowest BCUT2D eigenvalue weighted by atomic mass is 10.2. The monoisotopic (exact) mass is 330 g/mol. The predicted molar refractivity (Wildman–Crippen MR) is 77.7 cm³/mol. The summed E-state index contributed by atoms with van der Waals surface area (Å²) in [6.45, 7) is 2.93. The molecule has 9 nitrogen and oxygen atoms in total. The summed E-state index contributed by atoms with van der Waals surface area (Å²) in [5, 5.41) is 8.70. The molecule has 122 valence electrons. The molecule has 0 radical (unpaired) electrons. The van der Waals surface area contributed by atoms with E-state index in [0.717, 1.165) is 24.6 Å². The molecule has 22 heavy (non-hydrogen) atoms. The second-order valence-corrected chi connectivity index (χ2v) is 5.56. The van der Waals surface area contributed by atoms with Gasteiger partial charge in [0.05, 0.1) is 25.0 Å². The fraction of sp³-hybridized carbons (Fsp3) is 0.667. The number of imide groups is 1. The number of nitrogens with zero attached hydrogens (tertiary/aromatic N) is 2. The number of nitrogens with one attached hydrogen (secondary N) is 2. The molecule has 0 bridgehead atoms. The van der Waals surface area contributed by atoms with Gasteiger partial charge in [0, 0.05) is 6.61 Å². The van der Waals surface area contributed by atoms with Crippen molar-refractivity contribution < 1.29 is 19.1 Å². The fourth-order valence-electron chi connectivity index (χ4n) is 2.01. The summed E-state index contributed by atoms with van der Waals surface area (Å²) in [5.41, 5.74) is -0.344. The smallest absolute Gasteiger partial charge is 0.413 e. The minimum Gasteiger partial charge on any atom is -0.450 e. The van der Waals surface area contributed by atoms with Gasteiger partial charge < -0.3 is 9.47 Å². The number of aromatic nitrogens is 3. The number of hydrogen-bond acceptors (Lipinski definition) is 7. The van der Waals surface area contributed by atoms with Crippen LogP contribution in [0.15, 0.2) is 9.95 Å². The Bertz CT molecular complexity index is 578. The van der Waals surface area contributed by atoms with Gasteiger partial charge >= 0.3 is 11.8 Å². The van der Waals surface area contributed by atoms with Crippen LogP contribution in [0.2, 0.25) is 0 Å². The highest BCUT2D eigenvalue weighted by atomic mass is 32.2. The van der Waals surface area contributed by atoms with Gasteiger partial charge in [0.25, 0.3) is 0 Å². The molecule has 2 rings (SSSR count). The van der Waals surface area contributed by atoms with Crippen LogP contribution >= 0.6 is 11.8 Å². The van der Waals surface area contributed by atoms with Crippen LogP contribution in [0.25, 0.3) is 0 Å².